The molecule has 0 aliphatic rings. The molecule has 3 aromatic carbocycles. The van der Waals surface area contributed by atoms with Gasteiger partial charge in [0, 0.05) is 11.1 Å². The van der Waals surface area contributed by atoms with Crippen LogP contribution in [0.4, 0.5) is 15.8 Å². The van der Waals surface area contributed by atoms with Crippen LogP contribution in [0.5, 0.6) is 0 Å². The Kier molecular flexibility index (Phi) is 4.47. The van der Waals surface area contributed by atoms with Crippen LogP contribution in [0.1, 0.15) is 25.3 Å². The van der Waals surface area contributed by atoms with E-state index >= 15 is 0 Å². The number of nitrogens with two attached hydrogens (primary N) is 1. The zero-order valence-corrected chi connectivity index (χ0v) is 13.8. The number of benzene rings is 3. The number of halogens is 1. The van der Waals surface area contributed by atoms with Crippen LogP contribution in [-0.4, -0.2) is 5.96 Å². The van der Waals surface area contributed by atoms with Gasteiger partial charge in [0.05, 0.1) is 5.69 Å². The molecule has 0 radical (unpaired) electrons. The van der Waals surface area contributed by atoms with Gasteiger partial charge in [-0.05, 0) is 41.1 Å². The number of aliphatic imine (C=N–C) groups is 1. The van der Waals surface area contributed by atoms with Crippen molar-refractivity contribution >= 4 is 28.1 Å². The van der Waals surface area contributed by atoms with E-state index in [0.717, 1.165) is 22.0 Å². The summed E-state index contributed by atoms with van der Waals surface area (Å²) in [4.78, 5) is 4.44. The quantitative estimate of drug-likeness (QED) is 0.517. The van der Waals surface area contributed by atoms with Crippen molar-refractivity contribution in [2.75, 3.05) is 5.32 Å². The molecule has 0 aliphatic carbocycles. The standard InChI is InChI=1S/C20H20FN3/c1-13(2)17-12-15(21)10-11-19(17)24-20(22)23-18-9-5-7-14-6-3-4-8-16(14)18/h3-13H,1-2H3,(H3,22,23,24). The molecule has 3 aromatic rings. The Hall–Kier alpha value is -2.88. The fourth-order valence-corrected chi connectivity index (χ4v) is 2.72. The van der Waals surface area contributed by atoms with Gasteiger partial charge in [-0.3, -0.25) is 0 Å². The lowest BCUT2D eigenvalue weighted by molar-refractivity contribution is 0.623. The minimum absolute atomic E-state index is 0.157. The minimum atomic E-state index is -0.266. The third kappa shape index (κ3) is 3.38. The first-order valence-electron chi connectivity index (χ1n) is 7.93. The molecule has 0 saturated heterocycles. The third-order valence-corrected chi connectivity index (χ3v) is 3.90. The van der Waals surface area contributed by atoms with Gasteiger partial charge < -0.3 is 11.1 Å². The summed E-state index contributed by atoms with van der Waals surface area (Å²) >= 11 is 0. The highest BCUT2D eigenvalue weighted by atomic mass is 19.1. The highest BCUT2D eigenvalue weighted by molar-refractivity contribution is 6.03. The molecule has 0 aromatic heterocycles. The van der Waals surface area contributed by atoms with Crippen molar-refractivity contribution in [1.82, 2.24) is 0 Å². The lowest BCUT2D eigenvalue weighted by atomic mass is 10.0. The fraction of sp³-hybridized carbons (Fsp3) is 0.150. The summed E-state index contributed by atoms with van der Waals surface area (Å²) < 4.78 is 13.5. The van der Waals surface area contributed by atoms with Gasteiger partial charge in [0.1, 0.15) is 5.82 Å². The minimum Gasteiger partial charge on any atom is -0.369 e. The Morgan fingerprint density at radius 3 is 2.58 bits per heavy atom. The Morgan fingerprint density at radius 2 is 1.79 bits per heavy atom. The largest absolute Gasteiger partial charge is 0.369 e. The summed E-state index contributed by atoms with van der Waals surface area (Å²) in [7, 11) is 0. The Bertz CT molecular complexity index is 895. The molecular formula is C20H20FN3. The second-order valence-electron chi connectivity index (χ2n) is 6.01. The topological polar surface area (TPSA) is 50.4 Å². The maximum Gasteiger partial charge on any atom is 0.198 e. The number of guanidine groups is 1. The van der Waals surface area contributed by atoms with E-state index in [4.69, 9.17) is 5.73 Å². The summed E-state index contributed by atoms with van der Waals surface area (Å²) in [6.45, 7) is 4.00. The maximum atomic E-state index is 13.5. The average Bonchev–Trinajstić information content (AvgIpc) is 2.56. The molecule has 24 heavy (non-hydrogen) atoms. The first kappa shape index (κ1) is 16.0. The predicted molar refractivity (Wildman–Crippen MR) is 99.3 cm³/mol. The third-order valence-electron chi connectivity index (χ3n) is 3.90. The van der Waals surface area contributed by atoms with Crippen molar-refractivity contribution in [3.05, 3.63) is 72.0 Å². The van der Waals surface area contributed by atoms with Crippen molar-refractivity contribution in [2.24, 2.45) is 10.7 Å². The smallest absolute Gasteiger partial charge is 0.198 e. The molecule has 0 aliphatic heterocycles. The van der Waals surface area contributed by atoms with Gasteiger partial charge in [-0.1, -0.05) is 50.2 Å². The van der Waals surface area contributed by atoms with Gasteiger partial charge in [0.15, 0.2) is 5.96 Å². The van der Waals surface area contributed by atoms with Crippen molar-refractivity contribution in [3.63, 3.8) is 0 Å². The van der Waals surface area contributed by atoms with Crippen molar-refractivity contribution in [3.8, 4) is 0 Å². The fourth-order valence-electron chi connectivity index (χ4n) is 2.72. The Balaban J connectivity index is 1.95. The van der Waals surface area contributed by atoms with E-state index in [0.29, 0.717) is 5.69 Å². The lowest BCUT2D eigenvalue weighted by Gasteiger charge is -2.12. The lowest BCUT2D eigenvalue weighted by Crippen LogP contribution is -2.22. The number of nitrogens with zero attached hydrogens (tertiary/aromatic N) is 1. The molecule has 0 spiro atoms. The second-order valence-corrected chi connectivity index (χ2v) is 6.01. The van der Waals surface area contributed by atoms with E-state index in [2.05, 4.69) is 10.3 Å². The molecule has 3 rings (SSSR count). The van der Waals surface area contributed by atoms with Crippen LogP contribution in [-0.2, 0) is 0 Å². The number of rotatable bonds is 3. The second kappa shape index (κ2) is 6.71. The van der Waals surface area contributed by atoms with Crippen molar-refractivity contribution in [2.45, 2.75) is 19.8 Å². The van der Waals surface area contributed by atoms with Gasteiger partial charge in [-0.2, -0.15) is 0 Å². The molecule has 0 heterocycles. The molecule has 0 bridgehead atoms. The van der Waals surface area contributed by atoms with E-state index in [9.17, 15) is 4.39 Å². The summed E-state index contributed by atoms with van der Waals surface area (Å²) in [5.74, 6) is 0.169. The molecule has 4 heteroatoms. The first-order chi connectivity index (χ1) is 11.5. The molecule has 3 nitrogen and oxygen atoms in total. The molecule has 0 saturated carbocycles. The molecule has 0 atom stereocenters. The molecule has 0 fully saturated rings. The van der Waals surface area contributed by atoms with E-state index in [1.54, 1.807) is 6.07 Å². The monoisotopic (exact) mass is 321 g/mol. The predicted octanol–water partition coefficient (Wildman–Crippen LogP) is 5.16. The van der Waals surface area contributed by atoms with E-state index < -0.39 is 0 Å². The zero-order chi connectivity index (χ0) is 17.1. The highest BCUT2D eigenvalue weighted by Crippen LogP contribution is 2.28. The van der Waals surface area contributed by atoms with Crippen LogP contribution >= 0.6 is 0 Å². The van der Waals surface area contributed by atoms with Gasteiger partial charge in [0.25, 0.3) is 0 Å². The Morgan fingerprint density at radius 1 is 1.04 bits per heavy atom. The van der Waals surface area contributed by atoms with Gasteiger partial charge in [0.2, 0.25) is 0 Å². The average molecular weight is 321 g/mol. The van der Waals surface area contributed by atoms with Crippen LogP contribution in [0.15, 0.2) is 65.7 Å². The van der Waals surface area contributed by atoms with Gasteiger partial charge >= 0.3 is 0 Å². The molecule has 122 valence electrons. The van der Waals surface area contributed by atoms with E-state index in [-0.39, 0.29) is 17.7 Å². The van der Waals surface area contributed by atoms with Crippen molar-refractivity contribution < 1.29 is 4.39 Å². The number of hydrogen-bond donors (Lipinski definition) is 2. The number of fused-ring (bicyclic) bond motifs is 1. The van der Waals surface area contributed by atoms with Crippen LogP contribution in [0, 0.1) is 5.82 Å². The van der Waals surface area contributed by atoms with E-state index in [1.807, 2.05) is 56.3 Å². The maximum absolute atomic E-state index is 13.5. The van der Waals surface area contributed by atoms with Crippen LogP contribution in [0.2, 0.25) is 0 Å². The van der Waals surface area contributed by atoms with Gasteiger partial charge in [-0.25, -0.2) is 9.38 Å². The number of anilines is 1. The van der Waals surface area contributed by atoms with Gasteiger partial charge in [-0.15, -0.1) is 0 Å². The highest BCUT2D eigenvalue weighted by Gasteiger charge is 2.09. The first-order valence-corrected chi connectivity index (χ1v) is 7.93. The Labute approximate surface area is 141 Å². The summed E-state index contributed by atoms with van der Waals surface area (Å²) in [6, 6.07) is 18.6. The molecule has 3 N–H and O–H groups in total. The number of nitrogens with one attached hydrogen (secondary N) is 1. The zero-order valence-electron chi connectivity index (χ0n) is 13.8. The van der Waals surface area contributed by atoms with Crippen LogP contribution in [0.3, 0.4) is 0 Å². The van der Waals surface area contributed by atoms with Crippen LogP contribution in [0.25, 0.3) is 10.8 Å². The van der Waals surface area contributed by atoms with Crippen molar-refractivity contribution in [1.29, 1.82) is 0 Å². The SMILES string of the molecule is CC(C)c1cc(F)ccc1N=C(N)Nc1cccc2ccccc12. The molecular weight excluding hydrogens is 301 g/mol. The molecule has 0 unspecified atom stereocenters. The van der Waals surface area contributed by atoms with Crippen LogP contribution < -0.4 is 11.1 Å². The normalized spacial score (nSPS) is 11.9. The summed E-state index contributed by atoms with van der Waals surface area (Å²) in [5.41, 5.74) is 8.48. The summed E-state index contributed by atoms with van der Waals surface area (Å²) in [6.07, 6.45) is 0. The van der Waals surface area contributed by atoms with E-state index in [1.165, 1.54) is 12.1 Å². The number of hydrogen-bond acceptors (Lipinski definition) is 1. The molecule has 0 amide bonds. The summed E-state index contributed by atoms with van der Waals surface area (Å²) in [5, 5.41) is 5.34.